The molecule has 0 aromatic rings. The van der Waals surface area contributed by atoms with Crippen molar-refractivity contribution in [3.63, 3.8) is 0 Å². The number of hydrogen-bond acceptors (Lipinski definition) is 4. The van der Waals surface area contributed by atoms with E-state index >= 15 is 0 Å². The van der Waals surface area contributed by atoms with Gasteiger partial charge < -0.3 is 16.2 Å². The maximum absolute atomic E-state index is 11.7. The van der Waals surface area contributed by atoms with Gasteiger partial charge in [-0.2, -0.15) is 4.39 Å². The highest BCUT2D eigenvalue weighted by Gasteiger charge is 2.10. The van der Waals surface area contributed by atoms with Crippen LogP contribution in [0.25, 0.3) is 0 Å². The van der Waals surface area contributed by atoms with E-state index in [-0.39, 0.29) is 13.0 Å². The standard InChI is InChI=1S/C9H13FN2O4/c10-7(13)3-4-8(14)12-5-1-2-6(11)9(15)16/h3-4,6H,1-2,5,11H2,(H,12,14)(H,15,16)/b4-3+/t6-/m0/s1. The minimum absolute atomic E-state index is 0.213. The van der Waals surface area contributed by atoms with Crippen LogP contribution < -0.4 is 11.1 Å². The number of carboxylic acid groups (broad SMARTS) is 1. The van der Waals surface area contributed by atoms with E-state index in [1.807, 2.05) is 0 Å². The molecule has 0 bridgehead atoms. The lowest BCUT2D eigenvalue weighted by atomic mass is 10.2. The monoisotopic (exact) mass is 232 g/mol. The number of carbonyl (C=O) groups excluding carboxylic acids is 2. The van der Waals surface area contributed by atoms with Gasteiger partial charge in [0.05, 0.1) is 0 Å². The second-order valence-electron chi connectivity index (χ2n) is 3.02. The summed E-state index contributed by atoms with van der Waals surface area (Å²) in [6.45, 7) is 0.213. The van der Waals surface area contributed by atoms with Gasteiger partial charge in [-0.25, -0.2) is 0 Å². The molecule has 0 saturated heterocycles. The SMILES string of the molecule is N[C@@H](CCCNC(=O)/C=C/C(=O)F)C(=O)O. The number of amides is 1. The van der Waals surface area contributed by atoms with Crippen LogP contribution in [0, 0.1) is 0 Å². The fraction of sp³-hybridized carbons (Fsp3) is 0.444. The summed E-state index contributed by atoms with van der Waals surface area (Å²) < 4.78 is 11.7. The number of carbonyl (C=O) groups is 3. The van der Waals surface area contributed by atoms with Crippen LogP contribution in [-0.4, -0.2) is 35.6 Å². The summed E-state index contributed by atoms with van der Waals surface area (Å²) in [7, 11) is 0. The zero-order valence-electron chi connectivity index (χ0n) is 8.48. The van der Waals surface area contributed by atoms with Gasteiger partial charge in [0.25, 0.3) is 0 Å². The first-order valence-electron chi connectivity index (χ1n) is 4.57. The second-order valence-corrected chi connectivity index (χ2v) is 3.02. The third-order valence-corrected chi connectivity index (χ3v) is 1.67. The van der Waals surface area contributed by atoms with Crippen molar-refractivity contribution in [2.45, 2.75) is 18.9 Å². The van der Waals surface area contributed by atoms with Crippen LogP contribution in [0.4, 0.5) is 4.39 Å². The molecule has 1 atom stereocenters. The predicted octanol–water partition coefficient (Wildman–Crippen LogP) is -0.653. The third kappa shape index (κ3) is 7.63. The van der Waals surface area contributed by atoms with E-state index in [0.717, 1.165) is 6.08 Å². The molecule has 7 heteroatoms. The first kappa shape index (κ1) is 14.2. The van der Waals surface area contributed by atoms with E-state index in [1.165, 1.54) is 0 Å². The summed E-state index contributed by atoms with van der Waals surface area (Å²) in [5.41, 5.74) is 5.21. The van der Waals surface area contributed by atoms with Crippen LogP contribution in [-0.2, 0) is 14.4 Å². The van der Waals surface area contributed by atoms with Crippen molar-refractivity contribution in [3.05, 3.63) is 12.2 Å². The van der Waals surface area contributed by atoms with Crippen molar-refractivity contribution >= 4 is 17.9 Å². The summed E-state index contributed by atoms with van der Waals surface area (Å²) in [5, 5.41) is 10.8. The normalized spacial score (nSPS) is 12.4. The first-order valence-corrected chi connectivity index (χ1v) is 4.57. The fourth-order valence-corrected chi connectivity index (χ4v) is 0.857. The van der Waals surface area contributed by atoms with Crippen molar-refractivity contribution in [2.75, 3.05) is 6.54 Å². The lowest BCUT2D eigenvalue weighted by molar-refractivity contribution is -0.138. The lowest BCUT2D eigenvalue weighted by Crippen LogP contribution is -2.31. The smallest absolute Gasteiger partial charge is 0.325 e. The molecule has 0 aromatic carbocycles. The van der Waals surface area contributed by atoms with Crippen LogP contribution in [0.5, 0.6) is 0 Å². The molecule has 0 rings (SSSR count). The van der Waals surface area contributed by atoms with Gasteiger partial charge in [-0.15, -0.1) is 0 Å². The number of nitrogens with one attached hydrogen (secondary N) is 1. The second kappa shape index (κ2) is 7.52. The van der Waals surface area contributed by atoms with Gasteiger partial charge in [0.1, 0.15) is 6.04 Å². The molecule has 0 spiro atoms. The van der Waals surface area contributed by atoms with E-state index in [2.05, 4.69) is 5.32 Å². The summed E-state index contributed by atoms with van der Waals surface area (Å²) >= 11 is 0. The van der Waals surface area contributed by atoms with Crippen LogP contribution in [0.2, 0.25) is 0 Å². The Labute approximate surface area is 91.3 Å². The Hall–Kier alpha value is -1.76. The fourth-order valence-electron chi connectivity index (χ4n) is 0.857. The minimum Gasteiger partial charge on any atom is -0.480 e. The van der Waals surface area contributed by atoms with Crippen molar-refractivity contribution in [3.8, 4) is 0 Å². The molecule has 0 saturated carbocycles. The highest BCUT2D eigenvalue weighted by Crippen LogP contribution is 1.93. The lowest BCUT2D eigenvalue weighted by Gasteiger charge is -2.05. The van der Waals surface area contributed by atoms with Crippen molar-refractivity contribution in [2.24, 2.45) is 5.73 Å². The maximum atomic E-state index is 11.7. The number of halogens is 1. The molecule has 1 amide bonds. The molecule has 0 aliphatic rings. The van der Waals surface area contributed by atoms with Crippen molar-refractivity contribution in [1.82, 2.24) is 5.32 Å². The van der Waals surface area contributed by atoms with Gasteiger partial charge in [0.2, 0.25) is 5.91 Å². The van der Waals surface area contributed by atoms with Gasteiger partial charge in [-0.05, 0) is 12.8 Å². The summed E-state index contributed by atoms with van der Waals surface area (Å²) in [6.07, 6.45) is 1.87. The molecule has 0 heterocycles. The van der Waals surface area contributed by atoms with E-state index in [9.17, 15) is 18.8 Å². The van der Waals surface area contributed by atoms with E-state index in [4.69, 9.17) is 10.8 Å². The molecule has 0 aliphatic carbocycles. The zero-order valence-corrected chi connectivity index (χ0v) is 8.48. The number of nitrogens with two attached hydrogens (primary N) is 1. The Kier molecular flexibility index (Phi) is 6.69. The van der Waals surface area contributed by atoms with Crippen molar-refractivity contribution in [1.29, 1.82) is 0 Å². The largest absolute Gasteiger partial charge is 0.480 e. The molecule has 4 N–H and O–H groups in total. The van der Waals surface area contributed by atoms with Gasteiger partial charge in [0, 0.05) is 18.7 Å². The van der Waals surface area contributed by atoms with Crippen LogP contribution in [0.15, 0.2) is 12.2 Å². The van der Waals surface area contributed by atoms with Crippen LogP contribution in [0.1, 0.15) is 12.8 Å². The number of hydrogen-bond donors (Lipinski definition) is 3. The molecule has 0 radical (unpaired) electrons. The zero-order chi connectivity index (χ0) is 12.6. The molecule has 0 aliphatic heterocycles. The number of carboxylic acids is 1. The summed E-state index contributed by atoms with van der Waals surface area (Å²) in [5.74, 6) is -1.72. The molecular weight excluding hydrogens is 219 g/mol. The average Bonchev–Trinajstić information content (AvgIpc) is 2.20. The molecule has 0 fully saturated rings. The number of aliphatic carboxylic acids is 1. The topological polar surface area (TPSA) is 109 Å². The Morgan fingerprint density at radius 2 is 2.00 bits per heavy atom. The minimum atomic E-state index is -1.71. The van der Waals surface area contributed by atoms with E-state index in [0.29, 0.717) is 12.5 Å². The molecule has 0 aromatic heterocycles. The Morgan fingerprint density at radius 3 is 2.50 bits per heavy atom. The predicted molar refractivity (Wildman–Crippen MR) is 53.1 cm³/mol. The van der Waals surface area contributed by atoms with E-state index in [1.54, 1.807) is 0 Å². The highest BCUT2D eigenvalue weighted by atomic mass is 19.1. The van der Waals surface area contributed by atoms with Gasteiger partial charge in [-0.1, -0.05) is 0 Å². The van der Waals surface area contributed by atoms with Gasteiger partial charge >= 0.3 is 12.0 Å². The summed E-state index contributed by atoms with van der Waals surface area (Å²) in [6, 6.07) is -2.66. The highest BCUT2D eigenvalue weighted by molar-refractivity contribution is 5.94. The van der Waals surface area contributed by atoms with Gasteiger partial charge in [0.15, 0.2) is 0 Å². The number of rotatable bonds is 7. The Balaban J connectivity index is 3.63. The molecule has 6 nitrogen and oxygen atoms in total. The maximum Gasteiger partial charge on any atom is 0.325 e. The van der Waals surface area contributed by atoms with E-state index < -0.39 is 24.0 Å². The Bertz CT molecular complexity index is 304. The molecular formula is C9H13FN2O4. The van der Waals surface area contributed by atoms with Crippen LogP contribution in [0.3, 0.4) is 0 Å². The Morgan fingerprint density at radius 1 is 1.38 bits per heavy atom. The quantitative estimate of drug-likeness (QED) is 0.307. The third-order valence-electron chi connectivity index (χ3n) is 1.67. The molecule has 0 unspecified atom stereocenters. The first-order chi connectivity index (χ1) is 7.43. The molecule has 16 heavy (non-hydrogen) atoms. The van der Waals surface area contributed by atoms with Crippen molar-refractivity contribution < 1.29 is 23.9 Å². The molecule has 90 valence electrons. The number of allylic oxidation sites excluding steroid dienone is 1. The van der Waals surface area contributed by atoms with Gasteiger partial charge in [-0.3, -0.25) is 14.4 Å². The summed E-state index contributed by atoms with van der Waals surface area (Å²) in [4.78, 5) is 31.0. The van der Waals surface area contributed by atoms with Crippen LogP contribution >= 0.6 is 0 Å². The average molecular weight is 232 g/mol.